The standard InChI is InChI=1S/C22H17ClN4O6/c1-11-3-2-4-14(9-11)27-20(31)16(18(29)25-22(27)33)10-15-17(28)24-21(32)26(19(15)30)13-7-5-12(23)6-8-13/h2-10,15,17,28H,1H3,(H,24,32)(H,25,29,33)/b16-10+. The Morgan fingerprint density at radius 1 is 0.939 bits per heavy atom. The molecule has 11 heteroatoms. The monoisotopic (exact) mass is 468 g/mol. The quantitative estimate of drug-likeness (QED) is 0.464. The van der Waals surface area contributed by atoms with Crippen LogP contribution < -0.4 is 20.4 Å². The SMILES string of the molecule is Cc1cccc(N2C(=O)NC(=O)/C(=C\C3C(=O)N(c4ccc(Cl)cc4)C(=O)NC3O)C2=O)c1. The number of hydrogen-bond donors (Lipinski definition) is 3. The zero-order valence-corrected chi connectivity index (χ0v) is 17.9. The summed E-state index contributed by atoms with van der Waals surface area (Å²) in [4.78, 5) is 64.8. The number of anilines is 2. The number of urea groups is 2. The summed E-state index contributed by atoms with van der Waals surface area (Å²) < 4.78 is 0. The van der Waals surface area contributed by atoms with Gasteiger partial charge in [-0.15, -0.1) is 0 Å². The van der Waals surface area contributed by atoms with Gasteiger partial charge < -0.3 is 10.4 Å². The minimum Gasteiger partial charge on any atom is -0.372 e. The number of carbonyl (C=O) groups is 5. The van der Waals surface area contributed by atoms with Crippen molar-refractivity contribution in [3.63, 3.8) is 0 Å². The third-order valence-electron chi connectivity index (χ3n) is 5.11. The van der Waals surface area contributed by atoms with Gasteiger partial charge in [-0.25, -0.2) is 19.4 Å². The number of nitrogens with zero attached hydrogens (tertiary/aromatic N) is 2. The van der Waals surface area contributed by atoms with E-state index < -0.39 is 47.5 Å². The van der Waals surface area contributed by atoms with Crippen LogP contribution in [0.1, 0.15) is 5.56 Å². The molecule has 0 saturated carbocycles. The average molecular weight is 469 g/mol. The first kappa shape index (κ1) is 22.2. The van der Waals surface area contributed by atoms with Gasteiger partial charge in [0.2, 0.25) is 5.91 Å². The predicted molar refractivity (Wildman–Crippen MR) is 117 cm³/mol. The third-order valence-corrected chi connectivity index (χ3v) is 5.36. The van der Waals surface area contributed by atoms with E-state index in [4.69, 9.17) is 11.6 Å². The average Bonchev–Trinajstić information content (AvgIpc) is 2.74. The van der Waals surface area contributed by atoms with Crippen LogP contribution in [0.25, 0.3) is 0 Å². The highest BCUT2D eigenvalue weighted by Crippen LogP contribution is 2.27. The fourth-order valence-electron chi connectivity index (χ4n) is 3.52. The summed E-state index contributed by atoms with van der Waals surface area (Å²) in [5.74, 6) is -4.34. The normalized spacial score (nSPS) is 22.5. The van der Waals surface area contributed by atoms with Crippen LogP contribution in [-0.4, -0.2) is 41.1 Å². The molecule has 168 valence electrons. The second-order valence-electron chi connectivity index (χ2n) is 7.39. The Bertz CT molecular complexity index is 1230. The molecule has 0 spiro atoms. The van der Waals surface area contributed by atoms with E-state index in [9.17, 15) is 29.1 Å². The lowest BCUT2D eigenvalue weighted by Crippen LogP contribution is -2.60. The highest BCUT2D eigenvalue weighted by molar-refractivity contribution is 6.37. The van der Waals surface area contributed by atoms with Crippen LogP contribution >= 0.6 is 11.6 Å². The minimum atomic E-state index is -1.70. The van der Waals surface area contributed by atoms with Gasteiger partial charge in [0.05, 0.1) is 11.4 Å². The van der Waals surface area contributed by atoms with Crippen molar-refractivity contribution in [1.29, 1.82) is 0 Å². The molecule has 2 aromatic rings. The fourth-order valence-corrected chi connectivity index (χ4v) is 3.65. The van der Waals surface area contributed by atoms with Crippen molar-refractivity contribution in [3.8, 4) is 0 Å². The lowest BCUT2D eigenvalue weighted by molar-refractivity contribution is -0.124. The molecular weight excluding hydrogens is 452 g/mol. The predicted octanol–water partition coefficient (Wildman–Crippen LogP) is 1.85. The van der Waals surface area contributed by atoms with Crippen LogP contribution in [-0.2, 0) is 14.4 Å². The van der Waals surface area contributed by atoms with Gasteiger partial charge in [-0.1, -0.05) is 23.7 Å². The van der Waals surface area contributed by atoms with Crippen molar-refractivity contribution in [1.82, 2.24) is 10.6 Å². The maximum atomic E-state index is 13.1. The van der Waals surface area contributed by atoms with E-state index in [1.807, 2.05) is 0 Å². The second-order valence-corrected chi connectivity index (χ2v) is 7.83. The smallest absolute Gasteiger partial charge is 0.335 e. The van der Waals surface area contributed by atoms with E-state index in [-0.39, 0.29) is 11.4 Å². The van der Waals surface area contributed by atoms with Gasteiger partial charge >= 0.3 is 12.1 Å². The molecule has 10 nitrogen and oxygen atoms in total. The Labute approximate surface area is 192 Å². The van der Waals surface area contributed by atoms with Crippen molar-refractivity contribution in [2.45, 2.75) is 13.2 Å². The molecule has 2 unspecified atom stereocenters. The van der Waals surface area contributed by atoms with Crippen LogP contribution in [0.4, 0.5) is 21.0 Å². The Morgan fingerprint density at radius 3 is 2.30 bits per heavy atom. The number of imide groups is 3. The molecule has 2 heterocycles. The molecule has 2 aliphatic rings. The Kier molecular flexibility index (Phi) is 5.71. The van der Waals surface area contributed by atoms with Crippen LogP contribution in [0, 0.1) is 12.8 Å². The molecule has 0 aliphatic carbocycles. The van der Waals surface area contributed by atoms with Crippen molar-refractivity contribution in [3.05, 3.63) is 70.8 Å². The van der Waals surface area contributed by atoms with Crippen LogP contribution in [0.2, 0.25) is 5.02 Å². The first-order valence-corrected chi connectivity index (χ1v) is 10.1. The molecule has 33 heavy (non-hydrogen) atoms. The highest BCUT2D eigenvalue weighted by Gasteiger charge is 2.43. The van der Waals surface area contributed by atoms with Crippen molar-refractivity contribution in [2.24, 2.45) is 5.92 Å². The number of carbonyl (C=O) groups excluding carboxylic acids is 5. The molecule has 2 aromatic carbocycles. The number of halogens is 1. The number of aliphatic hydroxyl groups is 1. The fraction of sp³-hybridized carbons (Fsp3) is 0.136. The molecule has 0 bridgehead atoms. The summed E-state index contributed by atoms with van der Waals surface area (Å²) in [7, 11) is 0. The minimum absolute atomic E-state index is 0.174. The Morgan fingerprint density at radius 2 is 1.64 bits per heavy atom. The van der Waals surface area contributed by atoms with Gasteiger partial charge in [-0.2, -0.15) is 0 Å². The summed E-state index contributed by atoms with van der Waals surface area (Å²) >= 11 is 5.85. The highest BCUT2D eigenvalue weighted by atomic mass is 35.5. The van der Waals surface area contributed by atoms with Gasteiger partial charge in [0, 0.05) is 5.02 Å². The summed E-state index contributed by atoms with van der Waals surface area (Å²) in [6.07, 6.45) is -0.755. The van der Waals surface area contributed by atoms with E-state index in [2.05, 4.69) is 10.6 Å². The van der Waals surface area contributed by atoms with Gasteiger partial charge in [0.25, 0.3) is 11.8 Å². The first-order chi connectivity index (χ1) is 15.7. The number of benzene rings is 2. The molecular formula is C22H17ClN4O6. The second kappa shape index (κ2) is 8.49. The number of rotatable bonds is 3. The number of amides is 7. The van der Waals surface area contributed by atoms with Gasteiger partial charge in [-0.3, -0.25) is 19.7 Å². The zero-order chi connectivity index (χ0) is 23.9. The molecule has 7 amide bonds. The zero-order valence-electron chi connectivity index (χ0n) is 17.1. The molecule has 2 atom stereocenters. The summed E-state index contributed by atoms with van der Waals surface area (Å²) in [5.41, 5.74) is 0.645. The number of aryl methyl sites for hydroxylation is 1. The molecule has 2 aliphatic heterocycles. The molecule has 3 N–H and O–H groups in total. The molecule has 0 radical (unpaired) electrons. The van der Waals surface area contributed by atoms with Crippen molar-refractivity contribution < 1.29 is 29.1 Å². The lowest BCUT2D eigenvalue weighted by Gasteiger charge is -2.34. The van der Waals surface area contributed by atoms with Crippen molar-refractivity contribution in [2.75, 3.05) is 9.80 Å². The lowest BCUT2D eigenvalue weighted by atomic mass is 9.97. The van der Waals surface area contributed by atoms with Gasteiger partial charge in [0.15, 0.2) is 0 Å². The maximum Gasteiger partial charge on any atom is 0.335 e. The van der Waals surface area contributed by atoms with Crippen LogP contribution in [0.5, 0.6) is 0 Å². The van der Waals surface area contributed by atoms with E-state index >= 15 is 0 Å². The molecule has 4 rings (SSSR count). The van der Waals surface area contributed by atoms with Gasteiger partial charge in [-0.05, 0) is 55.0 Å². The molecule has 2 fully saturated rings. The molecule has 2 saturated heterocycles. The summed E-state index contributed by atoms with van der Waals surface area (Å²) in [6.45, 7) is 1.77. The van der Waals surface area contributed by atoms with Crippen molar-refractivity contribution >= 4 is 52.8 Å². The van der Waals surface area contributed by atoms with Crippen LogP contribution in [0.3, 0.4) is 0 Å². The Balaban J connectivity index is 1.70. The maximum absolute atomic E-state index is 13.1. The summed E-state index contributed by atoms with van der Waals surface area (Å²) in [5, 5.41) is 15.0. The van der Waals surface area contributed by atoms with E-state index in [1.165, 1.54) is 30.3 Å². The topological polar surface area (TPSA) is 136 Å². The van der Waals surface area contributed by atoms with Crippen LogP contribution in [0.15, 0.2) is 60.2 Å². The number of aliphatic hydroxyl groups excluding tert-OH is 1. The summed E-state index contributed by atoms with van der Waals surface area (Å²) in [6, 6.07) is 10.5. The largest absolute Gasteiger partial charge is 0.372 e. The number of nitrogens with one attached hydrogen (secondary N) is 2. The Hall–Kier alpha value is -4.02. The van der Waals surface area contributed by atoms with E-state index in [0.29, 0.717) is 5.02 Å². The third kappa shape index (κ3) is 4.09. The first-order valence-electron chi connectivity index (χ1n) is 9.73. The number of barbiturate groups is 1. The van der Waals surface area contributed by atoms with E-state index in [0.717, 1.165) is 21.4 Å². The van der Waals surface area contributed by atoms with E-state index in [1.54, 1.807) is 25.1 Å². The molecule has 0 aromatic heterocycles. The number of hydrogen-bond acceptors (Lipinski definition) is 6. The van der Waals surface area contributed by atoms with Gasteiger partial charge in [0.1, 0.15) is 17.7 Å².